The molecule has 25 heavy (non-hydrogen) atoms. The van der Waals surface area contributed by atoms with E-state index in [0.717, 1.165) is 25.2 Å². The molecule has 1 aliphatic heterocycles. The van der Waals surface area contributed by atoms with Crippen LogP contribution in [0.4, 0.5) is 0 Å². The topological polar surface area (TPSA) is 49.4 Å². The Morgan fingerprint density at radius 2 is 1.72 bits per heavy atom. The average molecular weight is 379 g/mol. The maximum atomic E-state index is 12.3. The highest BCUT2D eigenvalue weighted by Gasteiger charge is 2.14. The van der Waals surface area contributed by atoms with Gasteiger partial charge in [0.15, 0.2) is 0 Å². The summed E-state index contributed by atoms with van der Waals surface area (Å²) in [5.74, 6) is -0.111. The first-order chi connectivity index (χ1) is 12.0. The quantitative estimate of drug-likeness (QED) is 0.801. The van der Waals surface area contributed by atoms with Crippen molar-refractivity contribution in [2.75, 3.05) is 13.1 Å². The van der Waals surface area contributed by atoms with E-state index in [1.807, 2.05) is 12.1 Å². The number of sulfonamides is 1. The van der Waals surface area contributed by atoms with Crippen molar-refractivity contribution < 1.29 is 8.42 Å². The third kappa shape index (κ3) is 5.54. The normalized spacial score (nSPS) is 15.6. The summed E-state index contributed by atoms with van der Waals surface area (Å²) in [6.45, 7) is 3.52. The van der Waals surface area contributed by atoms with E-state index in [0.29, 0.717) is 17.1 Å². The Labute approximate surface area is 154 Å². The van der Waals surface area contributed by atoms with Gasteiger partial charge in [0, 0.05) is 18.1 Å². The summed E-state index contributed by atoms with van der Waals surface area (Å²) in [6.07, 6.45) is 2.53. The van der Waals surface area contributed by atoms with E-state index < -0.39 is 10.0 Å². The molecule has 0 spiro atoms. The molecule has 1 N–H and O–H groups in total. The maximum absolute atomic E-state index is 12.3. The van der Waals surface area contributed by atoms with Gasteiger partial charge in [-0.2, -0.15) is 0 Å². The van der Waals surface area contributed by atoms with Crippen molar-refractivity contribution in [3.8, 4) is 0 Å². The van der Waals surface area contributed by atoms with Gasteiger partial charge in [-0.05, 0) is 48.7 Å². The van der Waals surface area contributed by atoms with Gasteiger partial charge >= 0.3 is 0 Å². The largest absolute Gasteiger partial charge is 0.299 e. The van der Waals surface area contributed by atoms with Gasteiger partial charge < -0.3 is 0 Å². The maximum Gasteiger partial charge on any atom is 0.216 e. The van der Waals surface area contributed by atoms with Crippen LogP contribution in [0.15, 0.2) is 48.5 Å². The lowest BCUT2D eigenvalue weighted by Crippen LogP contribution is -2.25. The number of hydrogen-bond donors (Lipinski definition) is 1. The molecule has 1 fully saturated rings. The van der Waals surface area contributed by atoms with E-state index in [-0.39, 0.29) is 5.75 Å². The number of benzene rings is 2. The number of likely N-dealkylation sites (tertiary alicyclic amines) is 1. The summed E-state index contributed by atoms with van der Waals surface area (Å²) in [6, 6.07) is 15.1. The Balaban J connectivity index is 1.59. The smallest absolute Gasteiger partial charge is 0.216 e. The lowest BCUT2D eigenvalue weighted by molar-refractivity contribution is 0.331. The fourth-order valence-electron chi connectivity index (χ4n) is 3.10. The molecule has 0 bridgehead atoms. The third-order valence-electron chi connectivity index (χ3n) is 4.40. The molecule has 1 aliphatic rings. The van der Waals surface area contributed by atoms with Crippen LogP contribution in [0.3, 0.4) is 0 Å². The summed E-state index contributed by atoms with van der Waals surface area (Å²) in [5, 5.41) is 0.473. The monoisotopic (exact) mass is 378 g/mol. The van der Waals surface area contributed by atoms with Gasteiger partial charge in [-0.3, -0.25) is 4.90 Å². The van der Waals surface area contributed by atoms with E-state index in [1.165, 1.54) is 18.4 Å². The summed E-state index contributed by atoms with van der Waals surface area (Å²) in [4.78, 5) is 2.43. The first kappa shape index (κ1) is 18.4. The third-order valence-corrected chi connectivity index (χ3v) is 6.04. The van der Waals surface area contributed by atoms with E-state index in [1.54, 1.807) is 24.3 Å². The summed E-state index contributed by atoms with van der Waals surface area (Å²) < 4.78 is 27.3. The van der Waals surface area contributed by atoms with Crippen molar-refractivity contribution in [1.82, 2.24) is 9.62 Å². The molecule has 0 radical (unpaired) electrons. The molecule has 2 aromatic rings. The van der Waals surface area contributed by atoms with Crippen LogP contribution >= 0.6 is 11.6 Å². The summed E-state index contributed by atoms with van der Waals surface area (Å²) in [5.41, 5.74) is 2.81. The fraction of sp³-hybridized carbons (Fsp3) is 0.368. The Kier molecular flexibility index (Phi) is 6.12. The minimum Gasteiger partial charge on any atom is -0.299 e. The lowest BCUT2D eigenvalue weighted by atomic mass is 10.1. The Bertz CT molecular complexity index is 818. The second kappa shape index (κ2) is 8.32. The predicted octanol–water partition coefficient (Wildman–Crippen LogP) is 3.56. The van der Waals surface area contributed by atoms with Crippen molar-refractivity contribution in [3.05, 3.63) is 70.2 Å². The minimum atomic E-state index is -3.44. The van der Waals surface area contributed by atoms with Gasteiger partial charge in [-0.15, -0.1) is 0 Å². The zero-order valence-corrected chi connectivity index (χ0v) is 15.7. The SMILES string of the molecule is O=S(=O)(Cc1ccccc1Cl)NCc1cccc(CN2CCCC2)c1. The molecule has 0 saturated carbocycles. The molecule has 0 amide bonds. The standard InChI is InChI=1S/C19H23ClN2O2S/c20-19-9-2-1-8-18(19)15-25(23,24)21-13-16-6-5-7-17(12-16)14-22-10-3-4-11-22/h1-2,5-9,12,21H,3-4,10-11,13-15H2. The summed E-state index contributed by atoms with van der Waals surface area (Å²) in [7, 11) is -3.44. The van der Waals surface area contributed by atoms with Crippen molar-refractivity contribution in [2.24, 2.45) is 0 Å². The molecular weight excluding hydrogens is 356 g/mol. The number of halogens is 1. The molecule has 6 heteroatoms. The van der Waals surface area contributed by atoms with Gasteiger partial charge in [0.1, 0.15) is 0 Å². The molecule has 134 valence electrons. The van der Waals surface area contributed by atoms with Crippen molar-refractivity contribution in [3.63, 3.8) is 0 Å². The second-order valence-electron chi connectivity index (χ2n) is 6.47. The second-order valence-corrected chi connectivity index (χ2v) is 8.69. The van der Waals surface area contributed by atoms with Crippen LogP contribution in [0, 0.1) is 0 Å². The van der Waals surface area contributed by atoms with Crippen LogP contribution < -0.4 is 4.72 Å². The number of nitrogens with one attached hydrogen (secondary N) is 1. The molecule has 1 saturated heterocycles. The van der Waals surface area contributed by atoms with E-state index in [2.05, 4.69) is 21.8 Å². The van der Waals surface area contributed by atoms with Gasteiger partial charge in [0.05, 0.1) is 5.75 Å². The Hall–Kier alpha value is -1.40. The Morgan fingerprint density at radius 3 is 2.48 bits per heavy atom. The molecule has 3 rings (SSSR count). The zero-order valence-electron chi connectivity index (χ0n) is 14.1. The zero-order chi connectivity index (χ0) is 17.7. The van der Waals surface area contributed by atoms with Crippen LogP contribution in [0.25, 0.3) is 0 Å². The molecule has 0 aromatic heterocycles. The van der Waals surface area contributed by atoms with Crippen LogP contribution in [0.5, 0.6) is 0 Å². The first-order valence-electron chi connectivity index (χ1n) is 8.53. The van der Waals surface area contributed by atoms with E-state index in [4.69, 9.17) is 11.6 Å². The highest BCUT2D eigenvalue weighted by Crippen LogP contribution is 2.18. The average Bonchev–Trinajstić information content (AvgIpc) is 3.09. The van der Waals surface area contributed by atoms with Gasteiger partial charge in [0.2, 0.25) is 10.0 Å². The van der Waals surface area contributed by atoms with Crippen LogP contribution in [0.2, 0.25) is 5.02 Å². The van der Waals surface area contributed by atoms with Crippen LogP contribution in [-0.4, -0.2) is 26.4 Å². The molecule has 2 aromatic carbocycles. The molecule has 0 atom stereocenters. The summed E-state index contributed by atoms with van der Waals surface area (Å²) >= 11 is 6.05. The molecule has 0 unspecified atom stereocenters. The molecular formula is C19H23ClN2O2S. The highest BCUT2D eigenvalue weighted by molar-refractivity contribution is 7.88. The highest BCUT2D eigenvalue weighted by atomic mass is 35.5. The first-order valence-corrected chi connectivity index (χ1v) is 10.6. The molecule has 4 nitrogen and oxygen atoms in total. The predicted molar refractivity (Wildman–Crippen MR) is 102 cm³/mol. The van der Waals surface area contributed by atoms with Gasteiger partial charge in [-0.25, -0.2) is 13.1 Å². The number of rotatable bonds is 7. The van der Waals surface area contributed by atoms with Crippen molar-refractivity contribution >= 4 is 21.6 Å². The van der Waals surface area contributed by atoms with Crippen LogP contribution in [0.1, 0.15) is 29.5 Å². The lowest BCUT2D eigenvalue weighted by Gasteiger charge is -2.15. The van der Waals surface area contributed by atoms with E-state index in [9.17, 15) is 8.42 Å². The van der Waals surface area contributed by atoms with Gasteiger partial charge in [-0.1, -0.05) is 54.1 Å². The number of hydrogen-bond acceptors (Lipinski definition) is 3. The number of nitrogens with zero attached hydrogens (tertiary/aromatic N) is 1. The van der Waals surface area contributed by atoms with Crippen molar-refractivity contribution in [1.29, 1.82) is 0 Å². The molecule has 1 heterocycles. The van der Waals surface area contributed by atoms with Crippen LogP contribution in [-0.2, 0) is 28.9 Å². The van der Waals surface area contributed by atoms with Crippen molar-refractivity contribution in [2.45, 2.75) is 31.7 Å². The molecule has 0 aliphatic carbocycles. The van der Waals surface area contributed by atoms with E-state index >= 15 is 0 Å². The Morgan fingerprint density at radius 1 is 1.00 bits per heavy atom. The fourth-order valence-corrected chi connectivity index (χ4v) is 4.53. The minimum absolute atomic E-state index is 0.111. The van der Waals surface area contributed by atoms with Gasteiger partial charge in [0.25, 0.3) is 0 Å².